The number of nitrogens with one attached hydrogen (secondary N) is 3. The first-order chi connectivity index (χ1) is 11.1. The first-order valence-corrected chi connectivity index (χ1v) is 7.33. The molecule has 0 aliphatic carbocycles. The third kappa shape index (κ3) is 4.68. The van der Waals surface area contributed by atoms with Gasteiger partial charge < -0.3 is 14.8 Å². The number of hydrogen-bond donors (Lipinski definition) is 3. The normalized spacial score (nSPS) is 10.4. The maximum atomic E-state index is 12.0. The van der Waals surface area contributed by atoms with E-state index in [1.54, 1.807) is 19.2 Å². The number of methoxy groups -OCH3 is 1. The lowest BCUT2D eigenvalue weighted by Gasteiger charge is -2.08. The number of urea groups is 1. The van der Waals surface area contributed by atoms with Crippen molar-refractivity contribution in [1.82, 2.24) is 15.2 Å². The summed E-state index contributed by atoms with van der Waals surface area (Å²) in [5.41, 5.74) is 2.49. The van der Waals surface area contributed by atoms with E-state index < -0.39 is 0 Å². The minimum Gasteiger partial charge on any atom is -0.475 e. The van der Waals surface area contributed by atoms with Gasteiger partial charge in [0.05, 0.1) is 18.5 Å². The van der Waals surface area contributed by atoms with Crippen LogP contribution >= 0.6 is 0 Å². The fourth-order valence-electron chi connectivity index (χ4n) is 1.94. The average Bonchev–Trinajstić information content (AvgIpc) is 2.89. The van der Waals surface area contributed by atoms with E-state index in [-0.39, 0.29) is 6.03 Å². The molecule has 8 nitrogen and oxygen atoms in total. The number of aromatic amines is 1. The molecule has 0 saturated heterocycles. The van der Waals surface area contributed by atoms with Crippen molar-refractivity contribution in [2.75, 3.05) is 31.0 Å². The second-order valence-electron chi connectivity index (χ2n) is 4.83. The van der Waals surface area contributed by atoms with Gasteiger partial charge in [0.1, 0.15) is 6.61 Å². The third-order valence-electron chi connectivity index (χ3n) is 3.23. The number of aromatic nitrogens is 3. The highest BCUT2D eigenvalue weighted by Crippen LogP contribution is 2.16. The number of amides is 2. The van der Waals surface area contributed by atoms with Gasteiger partial charge >= 0.3 is 6.03 Å². The molecule has 0 radical (unpaired) electrons. The quantitative estimate of drug-likeness (QED) is 0.680. The van der Waals surface area contributed by atoms with Gasteiger partial charge in [-0.15, -0.1) is 0 Å². The summed E-state index contributed by atoms with van der Waals surface area (Å²) in [6.45, 7) is 4.85. The number of carbonyl (C=O) groups is 1. The van der Waals surface area contributed by atoms with Gasteiger partial charge in [0.25, 0.3) is 0 Å². The van der Waals surface area contributed by atoms with Crippen molar-refractivity contribution in [3.8, 4) is 5.88 Å². The Balaban J connectivity index is 1.88. The van der Waals surface area contributed by atoms with Gasteiger partial charge in [0.15, 0.2) is 5.82 Å². The van der Waals surface area contributed by atoms with Crippen LogP contribution in [0.1, 0.15) is 18.2 Å². The molecule has 2 heterocycles. The van der Waals surface area contributed by atoms with Crippen LogP contribution in [0.3, 0.4) is 0 Å². The van der Waals surface area contributed by atoms with E-state index in [2.05, 4.69) is 25.8 Å². The predicted molar refractivity (Wildman–Crippen MR) is 87.0 cm³/mol. The molecule has 2 rings (SSSR count). The monoisotopic (exact) mass is 319 g/mol. The van der Waals surface area contributed by atoms with E-state index in [1.165, 1.54) is 6.20 Å². The molecule has 0 bridgehead atoms. The Labute approximate surface area is 134 Å². The second-order valence-corrected chi connectivity index (χ2v) is 4.83. The number of anilines is 2. The molecule has 0 saturated carbocycles. The first-order valence-electron chi connectivity index (χ1n) is 7.33. The van der Waals surface area contributed by atoms with Crippen molar-refractivity contribution in [3.05, 3.63) is 29.6 Å². The molecule has 0 aliphatic heterocycles. The zero-order chi connectivity index (χ0) is 16.7. The minimum absolute atomic E-state index is 0.378. The van der Waals surface area contributed by atoms with E-state index in [0.29, 0.717) is 30.6 Å². The van der Waals surface area contributed by atoms with Crippen LogP contribution in [0, 0.1) is 6.92 Å². The summed E-state index contributed by atoms with van der Waals surface area (Å²) in [6, 6.07) is 3.02. The minimum atomic E-state index is -0.378. The van der Waals surface area contributed by atoms with Gasteiger partial charge in [-0.25, -0.2) is 9.78 Å². The number of aryl methyl sites for hydroxylation is 1. The lowest BCUT2D eigenvalue weighted by atomic mass is 10.2. The number of carbonyl (C=O) groups excluding carboxylic acids is 1. The number of hydrogen-bond acceptors (Lipinski definition) is 5. The summed E-state index contributed by atoms with van der Waals surface area (Å²) in [6.07, 6.45) is 2.35. The Bertz CT molecular complexity index is 639. The Kier molecular flexibility index (Phi) is 5.93. The average molecular weight is 319 g/mol. The summed E-state index contributed by atoms with van der Waals surface area (Å²) in [5.74, 6) is 0.996. The molecule has 8 heteroatoms. The molecule has 0 aromatic carbocycles. The van der Waals surface area contributed by atoms with Crippen molar-refractivity contribution in [1.29, 1.82) is 0 Å². The lowest BCUT2D eigenvalue weighted by Crippen LogP contribution is -2.20. The van der Waals surface area contributed by atoms with Gasteiger partial charge in [-0.1, -0.05) is 6.92 Å². The molecule has 0 spiro atoms. The van der Waals surface area contributed by atoms with Crippen molar-refractivity contribution in [2.24, 2.45) is 0 Å². The van der Waals surface area contributed by atoms with Crippen LogP contribution in [0.2, 0.25) is 0 Å². The highest BCUT2D eigenvalue weighted by Gasteiger charge is 2.11. The maximum Gasteiger partial charge on any atom is 0.324 e. The van der Waals surface area contributed by atoms with Gasteiger partial charge in [-0.2, -0.15) is 5.10 Å². The standard InChI is InChI=1S/C15H21N5O3/c1-4-12-10(2)14(20-19-12)18-15(21)17-11-5-6-13(16-9-11)23-8-7-22-3/h5-6,9H,4,7-8H2,1-3H3,(H3,17,18,19,20,21). The van der Waals surface area contributed by atoms with E-state index in [4.69, 9.17) is 9.47 Å². The molecule has 3 N–H and O–H groups in total. The van der Waals surface area contributed by atoms with E-state index in [9.17, 15) is 4.79 Å². The Morgan fingerprint density at radius 3 is 2.74 bits per heavy atom. The number of pyridine rings is 1. The van der Waals surface area contributed by atoms with Crippen LogP contribution in [0.4, 0.5) is 16.3 Å². The van der Waals surface area contributed by atoms with Crippen LogP contribution in [-0.4, -0.2) is 41.5 Å². The summed E-state index contributed by atoms with van der Waals surface area (Å²) in [4.78, 5) is 16.1. The maximum absolute atomic E-state index is 12.0. The summed E-state index contributed by atoms with van der Waals surface area (Å²) < 4.78 is 10.2. The molecule has 0 unspecified atom stereocenters. The predicted octanol–water partition coefficient (Wildman–Crippen LogP) is 2.34. The molecule has 23 heavy (non-hydrogen) atoms. The Hall–Kier alpha value is -2.61. The van der Waals surface area contributed by atoms with E-state index in [0.717, 1.165) is 17.7 Å². The number of H-pyrrole nitrogens is 1. The molecule has 0 fully saturated rings. The van der Waals surface area contributed by atoms with Crippen LogP contribution in [0.25, 0.3) is 0 Å². The molecular weight excluding hydrogens is 298 g/mol. The van der Waals surface area contributed by atoms with Gasteiger partial charge in [-0.3, -0.25) is 10.4 Å². The molecule has 0 aliphatic rings. The summed E-state index contributed by atoms with van der Waals surface area (Å²) >= 11 is 0. The van der Waals surface area contributed by atoms with Gasteiger partial charge in [0, 0.05) is 24.4 Å². The Morgan fingerprint density at radius 2 is 2.13 bits per heavy atom. The molecule has 0 atom stereocenters. The topological polar surface area (TPSA) is 101 Å². The van der Waals surface area contributed by atoms with Crippen LogP contribution in [0.15, 0.2) is 18.3 Å². The first kappa shape index (κ1) is 16.8. The van der Waals surface area contributed by atoms with Crippen molar-refractivity contribution in [2.45, 2.75) is 20.3 Å². The largest absolute Gasteiger partial charge is 0.475 e. The van der Waals surface area contributed by atoms with Gasteiger partial charge in [0.2, 0.25) is 5.88 Å². The molecule has 2 amide bonds. The zero-order valence-electron chi connectivity index (χ0n) is 13.5. The number of nitrogens with zero attached hydrogens (tertiary/aromatic N) is 2. The molecule has 2 aromatic rings. The van der Waals surface area contributed by atoms with Crippen LogP contribution < -0.4 is 15.4 Å². The summed E-state index contributed by atoms with van der Waals surface area (Å²) in [5, 5.41) is 12.4. The van der Waals surface area contributed by atoms with Crippen LogP contribution in [-0.2, 0) is 11.2 Å². The molecule has 124 valence electrons. The van der Waals surface area contributed by atoms with Crippen LogP contribution in [0.5, 0.6) is 5.88 Å². The van der Waals surface area contributed by atoms with Gasteiger partial charge in [-0.05, 0) is 19.4 Å². The molecular formula is C15H21N5O3. The Morgan fingerprint density at radius 1 is 1.30 bits per heavy atom. The van der Waals surface area contributed by atoms with Crippen molar-refractivity contribution in [3.63, 3.8) is 0 Å². The van der Waals surface area contributed by atoms with E-state index in [1.807, 2.05) is 13.8 Å². The third-order valence-corrected chi connectivity index (χ3v) is 3.23. The highest BCUT2D eigenvalue weighted by molar-refractivity contribution is 5.99. The van der Waals surface area contributed by atoms with Crippen molar-refractivity contribution >= 4 is 17.5 Å². The van der Waals surface area contributed by atoms with E-state index >= 15 is 0 Å². The highest BCUT2D eigenvalue weighted by atomic mass is 16.5. The smallest absolute Gasteiger partial charge is 0.324 e. The van der Waals surface area contributed by atoms with Crippen molar-refractivity contribution < 1.29 is 14.3 Å². The summed E-state index contributed by atoms with van der Waals surface area (Å²) in [7, 11) is 1.60. The fraction of sp³-hybridized carbons (Fsp3) is 0.400. The zero-order valence-corrected chi connectivity index (χ0v) is 13.5. The second kappa shape index (κ2) is 8.14. The number of ether oxygens (including phenoxy) is 2. The number of rotatable bonds is 7. The SMILES string of the molecule is CCc1[nH]nc(NC(=O)Nc2ccc(OCCOC)nc2)c1C. The lowest BCUT2D eigenvalue weighted by molar-refractivity contribution is 0.144. The molecule has 2 aromatic heterocycles. The fourth-order valence-corrected chi connectivity index (χ4v) is 1.94.